The van der Waals surface area contributed by atoms with Gasteiger partial charge in [0.15, 0.2) is 11.4 Å². The third kappa shape index (κ3) is 4.99. The minimum Gasteiger partial charge on any atom is -0.496 e. The zero-order valence-electron chi connectivity index (χ0n) is 18.3. The number of likely N-dealkylation sites (tertiary alicyclic amines) is 1. The van der Waals surface area contributed by atoms with Crippen molar-refractivity contribution in [3.63, 3.8) is 0 Å². The zero-order valence-corrected chi connectivity index (χ0v) is 18.3. The summed E-state index contributed by atoms with van der Waals surface area (Å²) in [6.45, 7) is 4.75. The fourth-order valence-corrected chi connectivity index (χ4v) is 4.10. The summed E-state index contributed by atoms with van der Waals surface area (Å²) in [5.74, 6) is 1.17. The number of hydrogen-bond donors (Lipinski definition) is 0. The number of nitrogens with zero attached hydrogens (tertiary/aromatic N) is 2. The molecule has 32 heavy (non-hydrogen) atoms. The highest BCUT2D eigenvalue weighted by Crippen LogP contribution is 2.32. The molecule has 1 fully saturated rings. The van der Waals surface area contributed by atoms with Crippen LogP contribution in [0.1, 0.15) is 41.7 Å². The minimum absolute atomic E-state index is 0.0392. The summed E-state index contributed by atoms with van der Waals surface area (Å²) in [4.78, 5) is 14.0. The molecule has 0 atom stereocenters. The summed E-state index contributed by atoms with van der Waals surface area (Å²) in [7, 11) is 1.54. The molecule has 0 N–H and O–H groups in total. The number of benzene rings is 2. The minimum atomic E-state index is -0.307. The lowest BCUT2D eigenvalue weighted by molar-refractivity contribution is 0.101. The molecule has 1 saturated heterocycles. The van der Waals surface area contributed by atoms with Gasteiger partial charge >= 0.3 is 0 Å². The largest absolute Gasteiger partial charge is 0.496 e. The Morgan fingerprint density at radius 3 is 2.78 bits per heavy atom. The van der Waals surface area contributed by atoms with Crippen LogP contribution in [0.4, 0.5) is 4.39 Å². The van der Waals surface area contributed by atoms with Crippen molar-refractivity contribution >= 4 is 16.8 Å². The number of aromatic nitrogens is 1. The van der Waals surface area contributed by atoms with Crippen LogP contribution in [0, 0.1) is 5.82 Å². The molecule has 4 rings (SSSR count). The molecule has 168 valence electrons. The Kier molecular flexibility index (Phi) is 6.85. The maximum absolute atomic E-state index is 13.4. The predicted molar refractivity (Wildman–Crippen MR) is 120 cm³/mol. The second-order valence-corrected chi connectivity index (χ2v) is 7.98. The molecule has 0 saturated carbocycles. The van der Waals surface area contributed by atoms with Gasteiger partial charge in [0.05, 0.1) is 18.4 Å². The van der Waals surface area contributed by atoms with Gasteiger partial charge in [0, 0.05) is 30.0 Å². The molecule has 2 aromatic carbocycles. The third-order valence-corrected chi connectivity index (χ3v) is 5.87. The van der Waals surface area contributed by atoms with Gasteiger partial charge in [-0.2, -0.15) is 0 Å². The lowest BCUT2D eigenvalue weighted by Gasteiger charge is -2.30. The lowest BCUT2D eigenvalue weighted by Crippen LogP contribution is -2.33. The Morgan fingerprint density at radius 1 is 1.22 bits per heavy atom. The van der Waals surface area contributed by atoms with Crippen molar-refractivity contribution in [1.29, 1.82) is 0 Å². The van der Waals surface area contributed by atoms with Crippen LogP contribution in [0.2, 0.25) is 0 Å². The maximum atomic E-state index is 13.4. The zero-order chi connectivity index (χ0) is 22.5. The number of methoxy groups -OCH3 is 1. The highest BCUT2D eigenvalue weighted by Gasteiger charge is 2.24. The van der Waals surface area contributed by atoms with Gasteiger partial charge in [-0.3, -0.25) is 9.69 Å². The van der Waals surface area contributed by atoms with Gasteiger partial charge in [0.25, 0.3) is 0 Å². The van der Waals surface area contributed by atoms with Crippen molar-refractivity contribution in [3.05, 3.63) is 65.6 Å². The van der Waals surface area contributed by atoms with E-state index in [9.17, 15) is 9.18 Å². The number of carbonyl (C=O) groups is 1. The SMILES string of the molecule is COc1cc(OCC=CCN2CCC(c3noc4cc(F)ccc34)CC2)ccc1C(C)=O. The van der Waals surface area contributed by atoms with Crippen molar-refractivity contribution < 1.29 is 23.2 Å². The van der Waals surface area contributed by atoms with Crippen molar-refractivity contribution in [3.8, 4) is 11.5 Å². The number of piperidine rings is 1. The standard InChI is InChI=1S/C25H27FN2O4/c1-17(29)21-8-6-20(16-23(21)30-2)31-14-4-3-11-28-12-9-18(10-13-28)25-22-7-5-19(26)15-24(22)32-27-25/h3-8,15-16,18H,9-14H2,1-2H3. The van der Waals surface area contributed by atoms with Gasteiger partial charge in [-0.15, -0.1) is 0 Å². The molecule has 1 aliphatic rings. The predicted octanol–water partition coefficient (Wildman–Crippen LogP) is 4.99. The van der Waals surface area contributed by atoms with E-state index in [2.05, 4.69) is 16.1 Å². The molecular weight excluding hydrogens is 411 g/mol. The first-order chi connectivity index (χ1) is 15.5. The fourth-order valence-electron chi connectivity index (χ4n) is 4.10. The molecule has 7 heteroatoms. The van der Waals surface area contributed by atoms with Gasteiger partial charge in [-0.25, -0.2) is 4.39 Å². The van der Waals surface area contributed by atoms with Crippen LogP contribution in [0.15, 0.2) is 53.1 Å². The van der Waals surface area contributed by atoms with E-state index in [4.69, 9.17) is 14.0 Å². The van der Waals surface area contributed by atoms with Crippen LogP contribution in [-0.4, -0.2) is 49.2 Å². The third-order valence-electron chi connectivity index (χ3n) is 5.87. The molecule has 3 aromatic rings. The van der Waals surface area contributed by atoms with Crippen LogP contribution < -0.4 is 9.47 Å². The Bertz CT molecular complexity index is 1120. The highest BCUT2D eigenvalue weighted by molar-refractivity contribution is 5.97. The number of ether oxygens (including phenoxy) is 2. The summed E-state index contributed by atoms with van der Waals surface area (Å²) in [5, 5.41) is 5.12. The Balaban J connectivity index is 1.23. The topological polar surface area (TPSA) is 64.8 Å². The number of Topliss-reactive ketones (excluding diaryl/α,β-unsaturated/α-hetero) is 1. The highest BCUT2D eigenvalue weighted by atomic mass is 19.1. The number of hydrogen-bond acceptors (Lipinski definition) is 6. The smallest absolute Gasteiger partial charge is 0.170 e. The van der Waals surface area contributed by atoms with E-state index in [1.807, 2.05) is 6.08 Å². The van der Waals surface area contributed by atoms with Gasteiger partial charge in [-0.1, -0.05) is 17.3 Å². The molecule has 0 unspecified atom stereocenters. The number of ketones is 1. The van der Waals surface area contributed by atoms with Gasteiger partial charge < -0.3 is 14.0 Å². The number of carbonyl (C=O) groups excluding carboxylic acids is 1. The molecule has 0 spiro atoms. The summed E-state index contributed by atoms with van der Waals surface area (Å²) in [6.07, 6.45) is 6.09. The van der Waals surface area contributed by atoms with E-state index in [0.717, 1.165) is 43.6 Å². The van der Waals surface area contributed by atoms with Gasteiger partial charge in [0.1, 0.15) is 23.9 Å². The first-order valence-corrected chi connectivity index (χ1v) is 10.8. The molecule has 2 heterocycles. The molecule has 1 aliphatic heterocycles. The van der Waals surface area contributed by atoms with E-state index in [0.29, 0.717) is 35.2 Å². The van der Waals surface area contributed by atoms with Crippen molar-refractivity contribution in [1.82, 2.24) is 10.1 Å². The molecule has 1 aromatic heterocycles. The molecule has 0 radical (unpaired) electrons. The average molecular weight is 438 g/mol. The summed E-state index contributed by atoms with van der Waals surface area (Å²) in [6, 6.07) is 9.84. The second kappa shape index (κ2) is 9.96. The molecule has 6 nitrogen and oxygen atoms in total. The van der Waals surface area contributed by atoms with Crippen LogP contribution in [0.5, 0.6) is 11.5 Å². The monoisotopic (exact) mass is 438 g/mol. The Labute approximate surface area is 186 Å². The average Bonchev–Trinajstić information content (AvgIpc) is 3.22. The molecule has 0 amide bonds. The van der Waals surface area contributed by atoms with E-state index in [1.54, 1.807) is 31.4 Å². The molecule has 0 bridgehead atoms. The second-order valence-electron chi connectivity index (χ2n) is 7.98. The Hall–Kier alpha value is -3.19. The molecule has 0 aliphatic carbocycles. The van der Waals surface area contributed by atoms with Crippen LogP contribution in [0.3, 0.4) is 0 Å². The van der Waals surface area contributed by atoms with E-state index >= 15 is 0 Å². The van der Waals surface area contributed by atoms with Crippen molar-refractivity contribution in [2.75, 3.05) is 33.4 Å². The van der Waals surface area contributed by atoms with Crippen LogP contribution in [0.25, 0.3) is 11.0 Å². The van der Waals surface area contributed by atoms with E-state index < -0.39 is 0 Å². The maximum Gasteiger partial charge on any atom is 0.170 e. The van der Waals surface area contributed by atoms with Gasteiger partial charge in [-0.05, 0) is 57.1 Å². The first-order valence-electron chi connectivity index (χ1n) is 10.8. The fraction of sp³-hybridized carbons (Fsp3) is 0.360. The normalized spacial score (nSPS) is 15.5. The first kappa shape index (κ1) is 22.0. The van der Waals surface area contributed by atoms with Gasteiger partial charge in [0.2, 0.25) is 0 Å². The Morgan fingerprint density at radius 2 is 2.03 bits per heavy atom. The summed E-state index contributed by atoms with van der Waals surface area (Å²) < 4.78 is 29.7. The quantitative estimate of drug-likeness (QED) is 0.365. The van der Waals surface area contributed by atoms with E-state index in [1.165, 1.54) is 19.1 Å². The van der Waals surface area contributed by atoms with Crippen molar-refractivity contribution in [2.24, 2.45) is 0 Å². The lowest BCUT2D eigenvalue weighted by atomic mass is 9.91. The number of rotatable bonds is 8. The molecular formula is C25H27FN2O4. The van der Waals surface area contributed by atoms with E-state index in [-0.39, 0.29) is 11.6 Å². The van der Waals surface area contributed by atoms with Crippen LogP contribution in [-0.2, 0) is 0 Å². The summed E-state index contributed by atoms with van der Waals surface area (Å²) >= 11 is 0. The number of halogens is 1. The summed E-state index contributed by atoms with van der Waals surface area (Å²) in [5.41, 5.74) is 2.00. The van der Waals surface area contributed by atoms with Crippen molar-refractivity contribution in [2.45, 2.75) is 25.7 Å². The van der Waals surface area contributed by atoms with Crippen LogP contribution >= 0.6 is 0 Å². The number of fused-ring (bicyclic) bond motifs is 1.